The van der Waals surface area contributed by atoms with E-state index in [0.717, 1.165) is 44.5 Å². The molecule has 0 aromatic heterocycles. The average Bonchev–Trinajstić information content (AvgIpc) is 2.79. The van der Waals surface area contributed by atoms with Gasteiger partial charge < -0.3 is 0 Å². The Bertz CT molecular complexity index is 1160. The Morgan fingerprint density at radius 3 is 0.971 bits per heavy atom. The first kappa shape index (κ1) is 24.9. The molecule has 0 radical (unpaired) electrons. The van der Waals surface area contributed by atoms with Crippen molar-refractivity contribution in [1.29, 1.82) is 0 Å². The quantitative estimate of drug-likeness (QED) is 0.300. The maximum Gasteiger partial charge on any atom is 0.193 e. The van der Waals surface area contributed by atoms with Gasteiger partial charge in [0.1, 0.15) is 0 Å². The molecule has 0 amide bonds. The highest BCUT2D eigenvalue weighted by Gasteiger charge is 2.15. The number of benzene rings is 4. The van der Waals surface area contributed by atoms with Crippen LogP contribution in [0.3, 0.4) is 0 Å². The van der Waals surface area contributed by atoms with E-state index in [1.54, 1.807) is 0 Å². The van der Waals surface area contributed by atoms with E-state index in [-0.39, 0.29) is 11.6 Å². The van der Waals surface area contributed by atoms with Gasteiger partial charge in [-0.1, -0.05) is 96.1 Å². The molecule has 0 fully saturated rings. The molecular weight excluding hydrogens is 416 g/mol. The van der Waals surface area contributed by atoms with Crippen LogP contribution in [0.2, 0.25) is 0 Å². The molecule has 34 heavy (non-hydrogen) atoms. The molecule has 4 rings (SSSR count). The van der Waals surface area contributed by atoms with Crippen LogP contribution in [-0.2, 0) is 0 Å². The number of hydrogen-bond acceptors (Lipinski definition) is 2. The lowest BCUT2D eigenvalue weighted by molar-refractivity contribution is 0.102. The topological polar surface area (TPSA) is 34.1 Å². The molecule has 0 aliphatic heterocycles. The number of hydrogen-bond donors (Lipinski definition) is 0. The molecule has 4 aromatic carbocycles. The van der Waals surface area contributed by atoms with Gasteiger partial charge in [0.25, 0.3) is 0 Å². The lowest BCUT2D eigenvalue weighted by Gasteiger charge is -2.10. The van der Waals surface area contributed by atoms with E-state index in [1.807, 2.05) is 88.4 Å². The van der Waals surface area contributed by atoms with Gasteiger partial charge in [-0.25, -0.2) is 0 Å². The molecule has 0 atom stereocenters. The van der Waals surface area contributed by atoms with Crippen LogP contribution in [0.15, 0.2) is 84.9 Å². The van der Waals surface area contributed by atoms with Gasteiger partial charge in [-0.3, -0.25) is 9.59 Å². The van der Waals surface area contributed by atoms with Gasteiger partial charge in [-0.2, -0.15) is 0 Å². The van der Waals surface area contributed by atoms with E-state index in [1.165, 1.54) is 11.1 Å². The standard InChI is InChI=1S/2C16H16O/c2*1-11-9-12(2)15(13(3)10-11)16(17)14-7-5-4-6-8-14/h2*4-10H,1-3H3. The minimum atomic E-state index is 0.112. The zero-order chi connectivity index (χ0) is 24.8. The first-order valence-electron chi connectivity index (χ1n) is 11.5. The molecule has 0 aliphatic rings. The molecule has 0 unspecified atom stereocenters. The normalized spacial score (nSPS) is 10.3. The van der Waals surface area contributed by atoms with E-state index >= 15 is 0 Å². The predicted octanol–water partition coefficient (Wildman–Crippen LogP) is 7.69. The van der Waals surface area contributed by atoms with E-state index in [0.29, 0.717) is 0 Å². The summed E-state index contributed by atoms with van der Waals surface area (Å²) in [5, 5.41) is 0. The third-order valence-electron chi connectivity index (χ3n) is 5.88. The molecule has 172 valence electrons. The number of carbonyl (C=O) groups excluding carboxylic acids is 2. The van der Waals surface area contributed by atoms with Gasteiger partial charge in [0.15, 0.2) is 11.6 Å². The Balaban J connectivity index is 0.000000191. The average molecular weight is 449 g/mol. The van der Waals surface area contributed by atoms with Gasteiger partial charge in [0.05, 0.1) is 0 Å². The Morgan fingerprint density at radius 2 is 0.706 bits per heavy atom. The number of rotatable bonds is 4. The lowest BCUT2D eigenvalue weighted by atomic mass is 9.93. The van der Waals surface area contributed by atoms with Gasteiger partial charge >= 0.3 is 0 Å². The van der Waals surface area contributed by atoms with Crippen LogP contribution in [0.1, 0.15) is 65.2 Å². The molecule has 0 bridgehead atoms. The molecule has 2 nitrogen and oxygen atoms in total. The van der Waals surface area contributed by atoms with Crippen molar-refractivity contribution in [2.24, 2.45) is 0 Å². The third kappa shape index (κ3) is 5.77. The predicted molar refractivity (Wildman–Crippen MR) is 141 cm³/mol. The number of ketones is 2. The van der Waals surface area contributed by atoms with E-state index in [4.69, 9.17) is 0 Å². The second-order valence-electron chi connectivity index (χ2n) is 8.94. The van der Waals surface area contributed by atoms with Crippen molar-refractivity contribution < 1.29 is 9.59 Å². The molecule has 2 heteroatoms. The van der Waals surface area contributed by atoms with E-state index in [2.05, 4.69) is 38.1 Å². The first-order chi connectivity index (χ1) is 16.2. The Morgan fingerprint density at radius 1 is 0.441 bits per heavy atom. The highest BCUT2D eigenvalue weighted by Crippen LogP contribution is 2.21. The van der Waals surface area contributed by atoms with E-state index < -0.39 is 0 Å². The largest absolute Gasteiger partial charge is 0.289 e. The van der Waals surface area contributed by atoms with Crippen molar-refractivity contribution in [2.45, 2.75) is 41.5 Å². The molecule has 0 saturated heterocycles. The van der Waals surface area contributed by atoms with Crippen molar-refractivity contribution >= 4 is 11.6 Å². The Labute approximate surface area is 203 Å². The zero-order valence-electron chi connectivity index (χ0n) is 20.9. The van der Waals surface area contributed by atoms with Crippen molar-refractivity contribution in [3.8, 4) is 0 Å². The summed E-state index contributed by atoms with van der Waals surface area (Å²) in [7, 11) is 0. The fraction of sp³-hybridized carbons (Fsp3) is 0.188. The third-order valence-corrected chi connectivity index (χ3v) is 5.88. The first-order valence-corrected chi connectivity index (χ1v) is 11.5. The fourth-order valence-corrected chi connectivity index (χ4v) is 4.54. The summed E-state index contributed by atoms with van der Waals surface area (Å²) in [6.07, 6.45) is 0. The summed E-state index contributed by atoms with van der Waals surface area (Å²) < 4.78 is 0. The van der Waals surface area contributed by atoms with Crippen LogP contribution < -0.4 is 0 Å². The van der Waals surface area contributed by atoms with Crippen LogP contribution >= 0.6 is 0 Å². The van der Waals surface area contributed by atoms with Gasteiger partial charge in [-0.05, 0) is 63.8 Å². The van der Waals surface area contributed by atoms with Crippen molar-refractivity contribution in [3.05, 3.63) is 141 Å². The summed E-state index contributed by atoms with van der Waals surface area (Å²) >= 11 is 0. The SMILES string of the molecule is Cc1cc(C)c(C(=O)c2ccccc2)c(C)c1.Cc1cc(C)c(C(=O)c2ccccc2)c(C)c1. The van der Waals surface area contributed by atoms with Crippen molar-refractivity contribution in [3.63, 3.8) is 0 Å². The van der Waals surface area contributed by atoms with Gasteiger partial charge in [-0.15, -0.1) is 0 Å². The second-order valence-corrected chi connectivity index (χ2v) is 8.94. The maximum atomic E-state index is 12.4. The van der Waals surface area contributed by atoms with Crippen LogP contribution in [0.4, 0.5) is 0 Å². The van der Waals surface area contributed by atoms with Gasteiger partial charge in [0.2, 0.25) is 0 Å². The van der Waals surface area contributed by atoms with Gasteiger partial charge in [0, 0.05) is 22.3 Å². The zero-order valence-corrected chi connectivity index (χ0v) is 20.9. The summed E-state index contributed by atoms with van der Waals surface area (Å²) in [4.78, 5) is 24.8. The summed E-state index contributed by atoms with van der Waals surface area (Å²) in [5.74, 6) is 0.223. The van der Waals surface area contributed by atoms with Crippen LogP contribution in [0.5, 0.6) is 0 Å². The maximum absolute atomic E-state index is 12.4. The monoisotopic (exact) mass is 448 g/mol. The van der Waals surface area contributed by atoms with E-state index in [9.17, 15) is 9.59 Å². The molecule has 0 saturated carbocycles. The highest BCUT2D eigenvalue weighted by atomic mass is 16.1. The fourth-order valence-electron chi connectivity index (χ4n) is 4.54. The summed E-state index contributed by atoms with van der Waals surface area (Å²) in [6.45, 7) is 12.1. The minimum Gasteiger partial charge on any atom is -0.289 e. The van der Waals surface area contributed by atoms with Crippen molar-refractivity contribution in [1.82, 2.24) is 0 Å². The molecule has 0 aliphatic carbocycles. The summed E-state index contributed by atoms with van der Waals surface area (Å²) in [5.41, 5.74) is 9.78. The molecule has 0 N–H and O–H groups in total. The van der Waals surface area contributed by atoms with Crippen LogP contribution in [0, 0.1) is 41.5 Å². The van der Waals surface area contributed by atoms with Crippen LogP contribution in [-0.4, -0.2) is 11.6 Å². The minimum absolute atomic E-state index is 0.112. The van der Waals surface area contributed by atoms with Crippen molar-refractivity contribution in [2.75, 3.05) is 0 Å². The number of aryl methyl sites for hydroxylation is 6. The Kier molecular flexibility index (Phi) is 7.96. The molecule has 0 heterocycles. The van der Waals surface area contributed by atoms with Crippen LogP contribution in [0.25, 0.3) is 0 Å². The summed E-state index contributed by atoms with van der Waals surface area (Å²) in [6, 6.07) is 27.1. The molecular formula is C32H32O2. The molecule has 4 aromatic rings. The smallest absolute Gasteiger partial charge is 0.193 e. The highest BCUT2D eigenvalue weighted by molar-refractivity contribution is 6.11. The Hall–Kier alpha value is -3.78. The number of carbonyl (C=O) groups is 2. The molecule has 0 spiro atoms. The second kappa shape index (κ2) is 10.9. The lowest BCUT2D eigenvalue weighted by Crippen LogP contribution is -2.06.